The Balaban J connectivity index is 1.73. The molecule has 0 saturated carbocycles. The van der Waals surface area contributed by atoms with Crippen molar-refractivity contribution in [2.45, 2.75) is 31.8 Å². The number of Topliss-reactive ketones (excluding diaryl/α,β-unsaturated/α-hetero) is 1. The van der Waals surface area contributed by atoms with E-state index in [1.807, 2.05) is 43.3 Å². The molecule has 2 nitrogen and oxygen atoms in total. The molecule has 0 bridgehead atoms. The Bertz CT molecular complexity index is 648. The van der Waals surface area contributed by atoms with Gasteiger partial charge >= 0.3 is 0 Å². The number of hydrogen-bond donors (Lipinski definition) is 0. The highest BCUT2D eigenvalue weighted by molar-refractivity contribution is 5.85. The van der Waals surface area contributed by atoms with Crippen LogP contribution in [0.3, 0.4) is 0 Å². The fraction of sp³-hybridized carbons (Fsp3) is 0.350. The molecule has 0 N–H and O–H groups in total. The molecular weight excluding hydrogens is 272 g/mol. The van der Waals surface area contributed by atoms with Crippen LogP contribution in [-0.4, -0.2) is 12.9 Å². The van der Waals surface area contributed by atoms with E-state index in [1.165, 1.54) is 11.1 Å². The van der Waals surface area contributed by atoms with Crippen molar-refractivity contribution in [3.05, 3.63) is 71.3 Å². The lowest BCUT2D eigenvalue weighted by Crippen LogP contribution is -2.18. The third-order valence-corrected chi connectivity index (χ3v) is 4.77. The summed E-state index contributed by atoms with van der Waals surface area (Å²) in [7, 11) is 1.74. The smallest absolute Gasteiger partial charge is 0.140 e. The summed E-state index contributed by atoms with van der Waals surface area (Å²) in [5.74, 6) is 0.495. The minimum Gasteiger partial charge on any atom is -0.376 e. The average Bonchev–Trinajstić information content (AvgIpc) is 2.91. The summed E-state index contributed by atoms with van der Waals surface area (Å²) in [6.07, 6.45) is 1.55. The molecule has 2 heteroatoms. The number of ether oxygens (including phenoxy) is 1. The van der Waals surface area contributed by atoms with Gasteiger partial charge in [0, 0.05) is 25.4 Å². The van der Waals surface area contributed by atoms with Gasteiger partial charge < -0.3 is 4.74 Å². The molecule has 2 unspecified atom stereocenters. The van der Waals surface area contributed by atoms with Crippen molar-refractivity contribution in [2.24, 2.45) is 5.92 Å². The van der Waals surface area contributed by atoms with Gasteiger partial charge in [0.2, 0.25) is 0 Å². The average molecular weight is 294 g/mol. The van der Waals surface area contributed by atoms with Crippen LogP contribution in [-0.2, 0) is 16.0 Å². The first-order valence-electron chi connectivity index (χ1n) is 7.89. The number of fused-ring (bicyclic) bond motifs is 1. The molecule has 3 rings (SSSR count). The second-order valence-corrected chi connectivity index (χ2v) is 6.12. The van der Waals surface area contributed by atoms with Crippen molar-refractivity contribution in [3.63, 3.8) is 0 Å². The van der Waals surface area contributed by atoms with Crippen LogP contribution in [0.4, 0.5) is 0 Å². The predicted molar refractivity (Wildman–Crippen MR) is 87.9 cm³/mol. The Morgan fingerprint density at radius 1 is 1.14 bits per heavy atom. The van der Waals surface area contributed by atoms with Gasteiger partial charge in [0.25, 0.3) is 0 Å². The first kappa shape index (κ1) is 15.0. The SMILES string of the molecule is COC1c2ccccc2CC1CC(=O)[C@@H](C)c1ccccc1. The molecule has 2 aromatic carbocycles. The van der Waals surface area contributed by atoms with Gasteiger partial charge in [-0.15, -0.1) is 0 Å². The van der Waals surface area contributed by atoms with Crippen LogP contribution in [0.5, 0.6) is 0 Å². The van der Waals surface area contributed by atoms with Crippen LogP contribution in [0.25, 0.3) is 0 Å². The van der Waals surface area contributed by atoms with E-state index in [9.17, 15) is 4.79 Å². The largest absolute Gasteiger partial charge is 0.376 e. The summed E-state index contributed by atoms with van der Waals surface area (Å²) in [6, 6.07) is 18.4. The van der Waals surface area contributed by atoms with E-state index in [0.717, 1.165) is 12.0 Å². The van der Waals surface area contributed by atoms with Crippen LogP contribution in [0, 0.1) is 5.92 Å². The summed E-state index contributed by atoms with van der Waals surface area (Å²) < 4.78 is 5.68. The van der Waals surface area contributed by atoms with Crippen molar-refractivity contribution in [3.8, 4) is 0 Å². The lowest BCUT2D eigenvalue weighted by Gasteiger charge is -2.20. The summed E-state index contributed by atoms with van der Waals surface area (Å²) in [5.41, 5.74) is 3.66. The number of methoxy groups -OCH3 is 1. The fourth-order valence-corrected chi connectivity index (χ4v) is 3.50. The molecule has 22 heavy (non-hydrogen) atoms. The van der Waals surface area contributed by atoms with Gasteiger partial charge in [-0.05, 0) is 23.1 Å². The van der Waals surface area contributed by atoms with Gasteiger partial charge in [0.1, 0.15) is 5.78 Å². The lowest BCUT2D eigenvalue weighted by atomic mass is 9.88. The maximum atomic E-state index is 12.7. The van der Waals surface area contributed by atoms with Crippen LogP contribution in [0.15, 0.2) is 54.6 Å². The lowest BCUT2D eigenvalue weighted by molar-refractivity contribution is -0.122. The Hall–Kier alpha value is -1.93. The van der Waals surface area contributed by atoms with Crippen LogP contribution >= 0.6 is 0 Å². The molecule has 0 radical (unpaired) electrons. The standard InChI is InChI=1S/C20H22O2/c1-14(15-8-4-3-5-9-15)19(21)13-17-12-16-10-6-7-11-18(16)20(17)22-2/h3-11,14,17,20H,12-13H2,1-2H3/t14-,17?,20?/m0/s1. The van der Waals surface area contributed by atoms with Crippen molar-refractivity contribution in [1.29, 1.82) is 0 Å². The Kier molecular flexibility index (Phi) is 4.39. The van der Waals surface area contributed by atoms with Crippen molar-refractivity contribution in [2.75, 3.05) is 7.11 Å². The highest BCUT2D eigenvalue weighted by atomic mass is 16.5. The quantitative estimate of drug-likeness (QED) is 0.821. The number of benzene rings is 2. The third-order valence-electron chi connectivity index (χ3n) is 4.77. The Morgan fingerprint density at radius 3 is 2.55 bits per heavy atom. The van der Waals surface area contributed by atoms with E-state index in [0.29, 0.717) is 12.2 Å². The number of carbonyl (C=O) groups excluding carboxylic acids is 1. The van der Waals surface area contributed by atoms with Gasteiger partial charge in [-0.25, -0.2) is 0 Å². The highest BCUT2D eigenvalue weighted by Crippen LogP contribution is 2.40. The van der Waals surface area contributed by atoms with Crippen LogP contribution in [0.2, 0.25) is 0 Å². The van der Waals surface area contributed by atoms with E-state index in [2.05, 4.69) is 18.2 Å². The third kappa shape index (κ3) is 2.84. The second kappa shape index (κ2) is 6.45. The number of rotatable bonds is 5. The monoisotopic (exact) mass is 294 g/mol. The minimum absolute atomic E-state index is 0.0446. The van der Waals surface area contributed by atoms with Gasteiger partial charge in [0.05, 0.1) is 6.10 Å². The summed E-state index contributed by atoms with van der Waals surface area (Å²) >= 11 is 0. The molecule has 0 aliphatic heterocycles. The second-order valence-electron chi connectivity index (χ2n) is 6.12. The molecule has 114 valence electrons. The number of ketones is 1. The molecule has 0 fully saturated rings. The van der Waals surface area contributed by atoms with E-state index >= 15 is 0 Å². The molecule has 0 aromatic heterocycles. The molecule has 0 spiro atoms. The first-order chi connectivity index (χ1) is 10.7. The van der Waals surface area contributed by atoms with Crippen LogP contribution < -0.4 is 0 Å². The molecule has 1 aliphatic rings. The Labute approximate surface area is 132 Å². The van der Waals surface area contributed by atoms with Crippen LogP contribution in [0.1, 0.15) is 42.1 Å². The van der Waals surface area contributed by atoms with Gasteiger partial charge in [-0.2, -0.15) is 0 Å². The molecule has 0 amide bonds. The molecule has 0 saturated heterocycles. The fourth-order valence-electron chi connectivity index (χ4n) is 3.50. The molecule has 1 aliphatic carbocycles. The first-order valence-corrected chi connectivity index (χ1v) is 7.89. The maximum absolute atomic E-state index is 12.7. The predicted octanol–water partition coefficient (Wildman–Crippen LogP) is 4.31. The van der Waals surface area contributed by atoms with E-state index in [4.69, 9.17) is 4.74 Å². The zero-order chi connectivity index (χ0) is 15.5. The topological polar surface area (TPSA) is 26.3 Å². The van der Waals surface area contributed by atoms with Gasteiger partial charge in [0.15, 0.2) is 0 Å². The van der Waals surface area contributed by atoms with Crippen molar-refractivity contribution >= 4 is 5.78 Å². The summed E-state index contributed by atoms with van der Waals surface area (Å²) in [6.45, 7) is 2.00. The van der Waals surface area contributed by atoms with E-state index in [-0.39, 0.29) is 17.9 Å². The molecule has 0 heterocycles. The summed E-state index contributed by atoms with van der Waals surface area (Å²) in [5, 5.41) is 0. The van der Waals surface area contributed by atoms with E-state index in [1.54, 1.807) is 7.11 Å². The number of carbonyl (C=O) groups is 1. The van der Waals surface area contributed by atoms with Crippen molar-refractivity contribution in [1.82, 2.24) is 0 Å². The Morgan fingerprint density at radius 2 is 1.82 bits per heavy atom. The van der Waals surface area contributed by atoms with Crippen molar-refractivity contribution < 1.29 is 9.53 Å². The zero-order valence-corrected chi connectivity index (χ0v) is 13.2. The van der Waals surface area contributed by atoms with E-state index < -0.39 is 0 Å². The molecule has 2 aromatic rings. The molecule has 3 atom stereocenters. The minimum atomic E-state index is -0.0533. The number of hydrogen-bond acceptors (Lipinski definition) is 2. The maximum Gasteiger partial charge on any atom is 0.140 e. The van der Waals surface area contributed by atoms with Gasteiger partial charge in [-0.1, -0.05) is 61.5 Å². The summed E-state index contributed by atoms with van der Waals surface area (Å²) in [4.78, 5) is 12.7. The highest BCUT2D eigenvalue weighted by Gasteiger charge is 2.34. The molecular formula is C20H22O2. The normalized spacial score (nSPS) is 21.4. The van der Waals surface area contributed by atoms with Gasteiger partial charge in [-0.3, -0.25) is 4.79 Å². The zero-order valence-electron chi connectivity index (χ0n) is 13.2.